The van der Waals surface area contributed by atoms with Gasteiger partial charge in [-0.3, -0.25) is 0 Å². The van der Waals surface area contributed by atoms with Gasteiger partial charge in [0.1, 0.15) is 0 Å². The van der Waals surface area contributed by atoms with Gasteiger partial charge in [-0.1, -0.05) is 18.2 Å². The lowest BCUT2D eigenvalue weighted by molar-refractivity contribution is 0.428. The van der Waals surface area contributed by atoms with E-state index in [2.05, 4.69) is 25.1 Å². The standard InChI is InChI=1S/C10H12ClN/c1-8-3-2-4-9-7-12(11)6-5-10(8)9/h2-4H,5-7H2,1H3. The maximum atomic E-state index is 5.93. The van der Waals surface area contributed by atoms with E-state index in [1.807, 2.05) is 4.42 Å². The quantitative estimate of drug-likeness (QED) is 0.556. The maximum absolute atomic E-state index is 5.93. The molecule has 0 aromatic heterocycles. The average molecular weight is 182 g/mol. The molecule has 1 nitrogen and oxygen atoms in total. The van der Waals surface area contributed by atoms with Crippen LogP contribution in [0.25, 0.3) is 0 Å². The van der Waals surface area contributed by atoms with Gasteiger partial charge in [0.15, 0.2) is 0 Å². The Labute approximate surface area is 78.1 Å². The number of hydrogen-bond donors (Lipinski definition) is 0. The lowest BCUT2D eigenvalue weighted by Gasteiger charge is -2.23. The van der Waals surface area contributed by atoms with Crippen LogP contribution in [-0.2, 0) is 13.0 Å². The molecule has 0 bridgehead atoms. The molecule has 1 aromatic rings. The SMILES string of the molecule is Cc1cccc2c1CCN(Cl)C2. The number of nitrogens with zero attached hydrogens (tertiary/aromatic N) is 1. The molecule has 0 saturated carbocycles. The largest absolute Gasteiger partial charge is 0.215 e. The second-order valence-corrected chi connectivity index (χ2v) is 3.79. The van der Waals surface area contributed by atoms with E-state index in [-0.39, 0.29) is 0 Å². The summed E-state index contributed by atoms with van der Waals surface area (Å²) in [7, 11) is 0. The molecule has 0 saturated heterocycles. The van der Waals surface area contributed by atoms with Crippen molar-refractivity contribution in [3.63, 3.8) is 0 Å². The lowest BCUT2D eigenvalue weighted by atomic mass is 9.96. The minimum atomic E-state index is 0.887. The maximum Gasteiger partial charge on any atom is 0.0392 e. The average Bonchev–Trinajstić information content (AvgIpc) is 2.04. The Kier molecular flexibility index (Phi) is 2.07. The molecule has 0 spiro atoms. The van der Waals surface area contributed by atoms with E-state index in [4.69, 9.17) is 11.8 Å². The number of halogens is 1. The van der Waals surface area contributed by atoms with Gasteiger partial charge in [0, 0.05) is 13.1 Å². The number of aryl methyl sites for hydroxylation is 1. The van der Waals surface area contributed by atoms with Gasteiger partial charge in [-0.05, 0) is 41.8 Å². The molecule has 0 aliphatic carbocycles. The molecular formula is C10H12ClN. The van der Waals surface area contributed by atoms with Crippen LogP contribution in [0.2, 0.25) is 0 Å². The van der Waals surface area contributed by atoms with E-state index < -0.39 is 0 Å². The van der Waals surface area contributed by atoms with Crippen LogP contribution in [-0.4, -0.2) is 11.0 Å². The summed E-state index contributed by atoms with van der Waals surface area (Å²) in [6.45, 7) is 4.03. The molecule has 0 amide bonds. The van der Waals surface area contributed by atoms with Gasteiger partial charge in [-0.15, -0.1) is 0 Å². The summed E-state index contributed by atoms with van der Waals surface area (Å²) < 4.78 is 1.85. The highest BCUT2D eigenvalue weighted by Crippen LogP contribution is 2.22. The molecule has 1 aliphatic heterocycles. The summed E-state index contributed by atoms with van der Waals surface area (Å²) in [5, 5.41) is 0. The van der Waals surface area contributed by atoms with Crippen LogP contribution >= 0.6 is 11.8 Å². The predicted molar refractivity (Wildman–Crippen MR) is 51.1 cm³/mol. The smallest absolute Gasteiger partial charge is 0.0392 e. The minimum Gasteiger partial charge on any atom is -0.215 e. The second-order valence-electron chi connectivity index (χ2n) is 3.31. The van der Waals surface area contributed by atoms with Crippen molar-refractivity contribution in [1.82, 2.24) is 4.42 Å². The van der Waals surface area contributed by atoms with Crippen molar-refractivity contribution in [2.75, 3.05) is 6.54 Å². The molecule has 0 radical (unpaired) electrons. The van der Waals surface area contributed by atoms with Crippen LogP contribution in [0.15, 0.2) is 18.2 Å². The molecular weight excluding hydrogens is 170 g/mol. The third-order valence-electron chi connectivity index (χ3n) is 2.45. The van der Waals surface area contributed by atoms with Crippen molar-refractivity contribution < 1.29 is 0 Å². The molecule has 2 rings (SSSR count). The van der Waals surface area contributed by atoms with Gasteiger partial charge >= 0.3 is 0 Å². The minimum absolute atomic E-state index is 0.887. The van der Waals surface area contributed by atoms with Crippen LogP contribution in [0.4, 0.5) is 0 Å². The molecule has 0 atom stereocenters. The Morgan fingerprint density at radius 3 is 3.08 bits per heavy atom. The van der Waals surface area contributed by atoms with E-state index >= 15 is 0 Å². The number of rotatable bonds is 0. The van der Waals surface area contributed by atoms with Crippen molar-refractivity contribution in [1.29, 1.82) is 0 Å². The van der Waals surface area contributed by atoms with E-state index in [0.717, 1.165) is 19.5 Å². The molecule has 1 aromatic carbocycles. The van der Waals surface area contributed by atoms with Crippen molar-refractivity contribution in [3.8, 4) is 0 Å². The summed E-state index contributed by atoms with van der Waals surface area (Å²) in [6.07, 6.45) is 1.09. The number of hydrogen-bond acceptors (Lipinski definition) is 1. The zero-order valence-electron chi connectivity index (χ0n) is 7.18. The molecule has 1 aliphatic rings. The monoisotopic (exact) mass is 181 g/mol. The summed E-state index contributed by atoms with van der Waals surface area (Å²) in [5.41, 5.74) is 4.28. The summed E-state index contributed by atoms with van der Waals surface area (Å²) in [5.74, 6) is 0. The molecule has 0 N–H and O–H groups in total. The van der Waals surface area contributed by atoms with Crippen molar-refractivity contribution in [2.24, 2.45) is 0 Å². The first kappa shape index (κ1) is 8.09. The Bertz CT molecular complexity index is 296. The van der Waals surface area contributed by atoms with E-state index in [1.54, 1.807) is 0 Å². The number of fused-ring (bicyclic) bond motifs is 1. The first-order valence-corrected chi connectivity index (χ1v) is 4.59. The van der Waals surface area contributed by atoms with E-state index in [1.165, 1.54) is 16.7 Å². The topological polar surface area (TPSA) is 3.24 Å². The zero-order chi connectivity index (χ0) is 8.55. The Balaban J connectivity index is 2.42. The third-order valence-corrected chi connectivity index (χ3v) is 2.74. The fraction of sp³-hybridized carbons (Fsp3) is 0.400. The molecule has 64 valence electrons. The first-order chi connectivity index (χ1) is 5.77. The van der Waals surface area contributed by atoms with Gasteiger partial charge in [-0.2, -0.15) is 0 Å². The highest BCUT2D eigenvalue weighted by molar-refractivity contribution is 6.13. The molecule has 2 heteroatoms. The van der Waals surface area contributed by atoms with Crippen molar-refractivity contribution >= 4 is 11.8 Å². The summed E-state index contributed by atoms with van der Waals surface area (Å²) in [6, 6.07) is 6.43. The van der Waals surface area contributed by atoms with Gasteiger partial charge in [0.25, 0.3) is 0 Å². The Morgan fingerprint density at radius 2 is 2.25 bits per heavy atom. The Hall–Kier alpha value is -0.530. The highest BCUT2D eigenvalue weighted by atomic mass is 35.5. The molecule has 0 fully saturated rings. The van der Waals surface area contributed by atoms with Gasteiger partial charge in [0.05, 0.1) is 0 Å². The van der Waals surface area contributed by atoms with Crippen LogP contribution in [0.3, 0.4) is 0 Å². The van der Waals surface area contributed by atoms with E-state index in [0.29, 0.717) is 0 Å². The fourth-order valence-corrected chi connectivity index (χ4v) is 1.98. The van der Waals surface area contributed by atoms with E-state index in [9.17, 15) is 0 Å². The van der Waals surface area contributed by atoms with Crippen molar-refractivity contribution in [3.05, 3.63) is 34.9 Å². The van der Waals surface area contributed by atoms with Crippen LogP contribution in [0.5, 0.6) is 0 Å². The van der Waals surface area contributed by atoms with Crippen LogP contribution in [0.1, 0.15) is 16.7 Å². The molecule has 12 heavy (non-hydrogen) atoms. The second kappa shape index (κ2) is 3.08. The summed E-state index contributed by atoms with van der Waals surface area (Å²) >= 11 is 5.93. The van der Waals surface area contributed by atoms with Crippen molar-refractivity contribution in [2.45, 2.75) is 19.9 Å². The fourth-order valence-electron chi connectivity index (χ4n) is 1.77. The van der Waals surface area contributed by atoms with Gasteiger partial charge in [-0.25, -0.2) is 4.42 Å². The number of benzene rings is 1. The third kappa shape index (κ3) is 1.35. The Morgan fingerprint density at radius 1 is 1.42 bits per heavy atom. The molecule has 0 unspecified atom stereocenters. The molecule has 1 heterocycles. The predicted octanol–water partition coefficient (Wildman–Crippen LogP) is 2.51. The normalized spacial score (nSPS) is 17.5. The van der Waals surface area contributed by atoms with Gasteiger partial charge < -0.3 is 0 Å². The van der Waals surface area contributed by atoms with Crippen LogP contribution < -0.4 is 0 Å². The summed E-state index contributed by atoms with van der Waals surface area (Å²) in [4.78, 5) is 0. The first-order valence-electron chi connectivity index (χ1n) is 4.25. The zero-order valence-corrected chi connectivity index (χ0v) is 7.93. The lowest BCUT2D eigenvalue weighted by Crippen LogP contribution is -2.22. The highest BCUT2D eigenvalue weighted by Gasteiger charge is 2.14. The van der Waals surface area contributed by atoms with Gasteiger partial charge in [0.2, 0.25) is 0 Å². The van der Waals surface area contributed by atoms with Crippen LogP contribution in [0, 0.1) is 6.92 Å².